The molecule has 2 atom stereocenters. The van der Waals surface area contributed by atoms with Crippen LogP contribution < -0.4 is 4.90 Å². The number of halogens is 3. The van der Waals surface area contributed by atoms with E-state index < -0.39 is 40.5 Å². The van der Waals surface area contributed by atoms with Crippen molar-refractivity contribution >= 4 is 37.2 Å². The lowest BCUT2D eigenvalue weighted by molar-refractivity contribution is -0.138. The number of carbonyl (C=O) groups is 2. The number of methoxy groups -OCH3 is 1. The van der Waals surface area contributed by atoms with Crippen LogP contribution in [0.2, 0.25) is 0 Å². The molecule has 0 bridgehead atoms. The fourth-order valence-corrected chi connectivity index (χ4v) is 6.32. The highest BCUT2D eigenvalue weighted by Crippen LogP contribution is 2.48. The Morgan fingerprint density at radius 2 is 2.05 bits per heavy atom. The van der Waals surface area contributed by atoms with E-state index in [0.717, 1.165) is 37.2 Å². The van der Waals surface area contributed by atoms with E-state index >= 15 is 0 Å². The molecule has 0 aromatic heterocycles. The summed E-state index contributed by atoms with van der Waals surface area (Å²) in [6.45, 7) is 6.82. The zero-order valence-electron chi connectivity index (χ0n) is 22.2. The molecular weight excluding hydrogens is 506 g/mol. The van der Waals surface area contributed by atoms with Crippen molar-refractivity contribution in [3.05, 3.63) is 23.3 Å². The van der Waals surface area contributed by atoms with Crippen LogP contribution in [0.1, 0.15) is 62.4 Å². The number of carbonyl (C=O) groups excluding carboxylic acids is 2. The maximum atomic E-state index is 14.4. The second-order valence-electron chi connectivity index (χ2n) is 10.4. The summed E-state index contributed by atoms with van der Waals surface area (Å²) in [6.07, 6.45) is -1.99. The Kier molecular flexibility index (Phi) is 9.63. The lowest BCUT2D eigenvalue weighted by atomic mass is 9.97. The average molecular weight is 543 g/mol. The molecule has 0 saturated carbocycles. The second kappa shape index (κ2) is 12.0. The predicted octanol–water partition coefficient (Wildman–Crippen LogP) is 3.18. The first-order valence-electron chi connectivity index (χ1n) is 12.7. The van der Waals surface area contributed by atoms with Crippen LogP contribution in [0.5, 0.6) is 0 Å². The number of thioether (sulfide) groups is 1. The second-order valence-corrected chi connectivity index (χ2v) is 11.9. The van der Waals surface area contributed by atoms with Crippen LogP contribution in [-0.4, -0.2) is 91.4 Å². The molecule has 0 aliphatic carbocycles. The van der Waals surface area contributed by atoms with Gasteiger partial charge in [0.25, 0.3) is 5.91 Å². The minimum atomic E-state index is -4.77. The third-order valence-corrected chi connectivity index (χ3v) is 8.33. The summed E-state index contributed by atoms with van der Waals surface area (Å²) in [4.78, 5) is 32.5. The van der Waals surface area contributed by atoms with Gasteiger partial charge in [-0.05, 0) is 65.1 Å². The number of fused-ring (bicyclic) bond motifs is 1. The number of rotatable bonds is 9. The highest BCUT2D eigenvalue weighted by Gasteiger charge is 2.46. The number of anilines is 1. The Morgan fingerprint density at radius 3 is 2.62 bits per heavy atom. The van der Waals surface area contributed by atoms with Gasteiger partial charge in [0.05, 0.1) is 23.4 Å². The van der Waals surface area contributed by atoms with E-state index in [-0.39, 0.29) is 29.2 Å². The van der Waals surface area contributed by atoms with Gasteiger partial charge in [-0.15, -0.1) is 11.8 Å². The summed E-state index contributed by atoms with van der Waals surface area (Å²) in [7, 11) is 3.51. The monoisotopic (exact) mass is 543 g/mol. The first-order valence-corrected chi connectivity index (χ1v) is 13.5. The Morgan fingerprint density at radius 1 is 1.35 bits per heavy atom. The Balaban J connectivity index is 2.12. The fraction of sp³-hybridized carbons (Fsp3) is 0.680. The summed E-state index contributed by atoms with van der Waals surface area (Å²) in [5.74, 6) is -1.07. The molecule has 2 heterocycles. The molecule has 1 aromatic rings. The molecule has 0 radical (unpaired) electrons. The molecule has 2 amide bonds. The molecule has 2 aliphatic rings. The number of ether oxygens (including phenoxy) is 1. The maximum Gasteiger partial charge on any atom is 0.417 e. The standard InChI is InChI=1S/C25H37BF3N3O4S/c1-16(2)32(17-8-7-9-30(26)14-17)22(34)18-12-20-21(13-19(18)25(27,28)29)37-24(3,15-33)23(35)31(20)10-5-6-11-36-4/h12-13,16-17,33H,5-11,14-15,26H2,1-4H3/t17-,24?/m1/s1. The highest BCUT2D eigenvalue weighted by atomic mass is 32.2. The number of aliphatic hydroxyl groups is 1. The first kappa shape index (κ1) is 29.8. The number of piperidine rings is 1. The van der Waals surface area contributed by atoms with Crippen LogP contribution in [0.3, 0.4) is 0 Å². The zero-order chi connectivity index (χ0) is 27.5. The summed E-state index contributed by atoms with van der Waals surface area (Å²) in [5.41, 5.74) is -1.19. The smallest absolute Gasteiger partial charge is 0.394 e. The number of aliphatic hydroxyl groups excluding tert-OH is 1. The summed E-state index contributed by atoms with van der Waals surface area (Å²) >= 11 is 0.911. The molecule has 1 saturated heterocycles. The van der Waals surface area contributed by atoms with Gasteiger partial charge in [-0.3, -0.25) is 9.59 Å². The Bertz CT molecular complexity index is 997. The van der Waals surface area contributed by atoms with Crippen molar-refractivity contribution in [1.82, 2.24) is 9.71 Å². The van der Waals surface area contributed by atoms with Crippen LogP contribution in [0.15, 0.2) is 17.0 Å². The SMILES string of the molecule is BN1CCC[C@@H](N(C(=O)c2cc3c(cc2C(F)(F)F)SC(C)(CO)C(=O)N3CCCCOC)C(C)C)C1. The van der Waals surface area contributed by atoms with E-state index in [1.54, 1.807) is 12.0 Å². The van der Waals surface area contributed by atoms with Gasteiger partial charge in [-0.1, -0.05) is 0 Å². The average Bonchev–Trinajstić information content (AvgIpc) is 2.82. The van der Waals surface area contributed by atoms with Crippen molar-refractivity contribution in [1.29, 1.82) is 0 Å². The van der Waals surface area contributed by atoms with Crippen LogP contribution in [-0.2, 0) is 15.7 Å². The third-order valence-electron chi connectivity index (χ3n) is 7.02. The van der Waals surface area contributed by atoms with Gasteiger partial charge in [-0.25, -0.2) is 0 Å². The van der Waals surface area contributed by atoms with Crippen molar-refractivity contribution in [2.45, 2.75) is 74.4 Å². The number of alkyl halides is 3. The molecule has 3 rings (SSSR count). The minimum Gasteiger partial charge on any atom is -0.394 e. The number of hydrogen-bond donors (Lipinski definition) is 1. The molecule has 206 valence electrons. The van der Waals surface area contributed by atoms with Crippen LogP contribution in [0, 0.1) is 0 Å². The van der Waals surface area contributed by atoms with Gasteiger partial charge in [-0.2, -0.15) is 13.2 Å². The maximum absolute atomic E-state index is 14.4. The molecule has 1 N–H and O–H groups in total. The summed E-state index contributed by atoms with van der Waals surface area (Å²) in [6, 6.07) is 1.70. The molecule has 37 heavy (non-hydrogen) atoms. The number of hydrogen-bond acceptors (Lipinski definition) is 6. The van der Waals surface area contributed by atoms with Crippen molar-refractivity contribution in [3.8, 4) is 0 Å². The van der Waals surface area contributed by atoms with Crippen LogP contribution in [0.4, 0.5) is 18.9 Å². The van der Waals surface area contributed by atoms with Gasteiger partial charge in [0.15, 0.2) is 7.98 Å². The molecular formula is C25H37BF3N3O4S. The largest absolute Gasteiger partial charge is 0.417 e. The minimum absolute atomic E-state index is 0.206. The molecule has 0 spiro atoms. The summed E-state index contributed by atoms with van der Waals surface area (Å²) in [5, 5.41) is 9.97. The van der Waals surface area contributed by atoms with Crippen molar-refractivity contribution < 1.29 is 32.6 Å². The van der Waals surface area contributed by atoms with E-state index in [1.807, 2.05) is 21.8 Å². The first-order chi connectivity index (χ1) is 17.3. The molecule has 1 unspecified atom stereocenters. The van der Waals surface area contributed by atoms with E-state index in [1.165, 1.54) is 17.9 Å². The lowest BCUT2D eigenvalue weighted by Gasteiger charge is -2.42. The lowest BCUT2D eigenvalue weighted by Crippen LogP contribution is -2.53. The molecule has 2 aliphatic heterocycles. The van der Waals surface area contributed by atoms with Gasteiger partial charge >= 0.3 is 6.18 Å². The number of nitrogens with zero attached hydrogens (tertiary/aromatic N) is 3. The summed E-state index contributed by atoms with van der Waals surface area (Å²) < 4.78 is 46.8. The predicted molar refractivity (Wildman–Crippen MR) is 141 cm³/mol. The Labute approximate surface area is 222 Å². The highest BCUT2D eigenvalue weighted by molar-refractivity contribution is 8.01. The van der Waals surface area contributed by atoms with Gasteiger partial charge in [0.2, 0.25) is 5.91 Å². The Hall–Kier alpha value is -1.76. The van der Waals surface area contributed by atoms with E-state index in [0.29, 0.717) is 26.0 Å². The number of unbranched alkanes of at least 4 members (excludes halogenated alkanes) is 1. The molecule has 1 aromatic carbocycles. The molecule has 7 nitrogen and oxygen atoms in total. The van der Waals surface area contributed by atoms with Gasteiger partial charge in [0.1, 0.15) is 4.75 Å². The molecule has 12 heteroatoms. The van der Waals surface area contributed by atoms with Crippen LogP contribution >= 0.6 is 11.8 Å². The van der Waals surface area contributed by atoms with E-state index in [2.05, 4.69) is 4.81 Å². The van der Waals surface area contributed by atoms with Crippen molar-refractivity contribution in [3.63, 3.8) is 0 Å². The quantitative estimate of drug-likeness (QED) is 0.381. The normalized spacial score (nSPS) is 22.9. The topological polar surface area (TPSA) is 73.3 Å². The van der Waals surface area contributed by atoms with Crippen LogP contribution in [0.25, 0.3) is 0 Å². The van der Waals surface area contributed by atoms with Gasteiger partial charge < -0.3 is 24.5 Å². The number of benzene rings is 1. The van der Waals surface area contributed by atoms with E-state index in [4.69, 9.17) is 4.74 Å². The van der Waals surface area contributed by atoms with Gasteiger partial charge in [0, 0.05) is 43.8 Å². The third kappa shape index (κ3) is 6.46. The fourth-order valence-electron chi connectivity index (χ4n) is 5.12. The molecule has 1 fully saturated rings. The number of amides is 2. The van der Waals surface area contributed by atoms with Crippen molar-refractivity contribution in [2.24, 2.45) is 0 Å². The van der Waals surface area contributed by atoms with Crippen molar-refractivity contribution in [2.75, 3.05) is 44.9 Å². The van der Waals surface area contributed by atoms with E-state index in [9.17, 15) is 27.9 Å². The zero-order valence-corrected chi connectivity index (χ0v) is 23.0.